The molecule has 3 aromatic rings. The molecule has 7 heteroatoms. The Kier molecular flexibility index (Phi) is 6.47. The van der Waals surface area contributed by atoms with Crippen LogP contribution in [-0.2, 0) is 16.0 Å². The second-order valence-electron chi connectivity index (χ2n) is 6.97. The molecule has 0 saturated carbocycles. The van der Waals surface area contributed by atoms with Crippen molar-refractivity contribution in [3.05, 3.63) is 64.8 Å². The number of ether oxygens (including phenoxy) is 1. The molecule has 6 nitrogen and oxygen atoms in total. The molecule has 0 bridgehead atoms. The van der Waals surface area contributed by atoms with Gasteiger partial charge in [-0.15, -0.1) is 0 Å². The summed E-state index contributed by atoms with van der Waals surface area (Å²) in [5.74, 6) is -0.373. The zero-order valence-electron chi connectivity index (χ0n) is 17.0. The Morgan fingerprint density at radius 2 is 1.90 bits per heavy atom. The van der Waals surface area contributed by atoms with E-state index >= 15 is 0 Å². The number of aromatic nitrogens is 1. The van der Waals surface area contributed by atoms with E-state index in [0.717, 1.165) is 28.2 Å². The van der Waals surface area contributed by atoms with Crippen molar-refractivity contribution in [2.24, 2.45) is 0 Å². The summed E-state index contributed by atoms with van der Waals surface area (Å²) in [6.45, 7) is 3.41. The number of hydrogen-bond acceptors (Lipinski definition) is 3. The van der Waals surface area contributed by atoms with Gasteiger partial charge in [-0.1, -0.05) is 11.6 Å². The SMILES string of the molecule is COc1cc(Cl)ccc1-c1ccc(CCC(=O)O)n1-c1ccc(NC(C)=O)cc1C. The molecule has 0 aliphatic carbocycles. The Hall–Kier alpha value is -3.25. The molecule has 1 aromatic heterocycles. The van der Waals surface area contributed by atoms with Gasteiger partial charge in [0, 0.05) is 34.6 Å². The summed E-state index contributed by atoms with van der Waals surface area (Å²) in [7, 11) is 1.58. The third-order valence-electron chi connectivity index (χ3n) is 4.75. The largest absolute Gasteiger partial charge is 0.496 e. The van der Waals surface area contributed by atoms with Gasteiger partial charge >= 0.3 is 5.97 Å². The van der Waals surface area contributed by atoms with Crippen molar-refractivity contribution in [1.29, 1.82) is 0 Å². The van der Waals surface area contributed by atoms with Gasteiger partial charge in [-0.05, 0) is 67.4 Å². The minimum atomic E-state index is -0.855. The molecule has 3 rings (SSSR count). The number of benzene rings is 2. The summed E-state index contributed by atoms with van der Waals surface area (Å²) >= 11 is 6.13. The van der Waals surface area contributed by atoms with Gasteiger partial charge in [0.2, 0.25) is 5.91 Å². The highest BCUT2D eigenvalue weighted by atomic mass is 35.5. The molecular weight excluding hydrogens is 404 g/mol. The van der Waals surface area contributed by atoms with Crippen LogP contribution in [0.2, 0.25) is 5.02 Å². The summed E-state index contributed by atoms with van der Waals surface area (Å²) in [4.78, 5) is 22.5. The molecule has 1 amide bonds. The van der Waals surface area contributed by atoms with Crippen LogP contribution in [0.3, 0.4) is 0 Å². The van der Waals surface area contributed by atoms with Crippen molar-refractivity contribution in [2.45, 2.75) is 26.7 Å². The van der Waals surface area contributed by atoms with Crippen molar-refractivity contribution in [1.82, 2.24) is 4.57 Å². The number of carboxylic acids is 1. The predicted octanol–water partition coefficient (Wildman–Crippen LogP) is 5.09. The van der Waals surface area contributed by atoms with Crippen LogP contribution in [-0.4, -0.2) is 28.7 Å². The third-order valence-corrected chi connectivity index (χ3v) is 4.99. The average molecular weight is 427 g/mol. The van der Waals surface area contributed by atoms with Crippen LogP contribution in [0, 0.1) is 6.92 Å². The lowest BCUT2D eigenvalue weighted by Gasteiger charge is -2.18. The number of aliphatic carboxylic acids is 1. The van der Waals surface area contributed by atoms with Gasteiger partial charge in [0.05, 0.1) is 19.2 Å². The summed E-state index contributed by atoms with van der Waals surface area (Å²) in [6.07, 6.45) is 0.391. The van der Waals surface area contributed by atoms with Crippen molar-refractivity contribution in [2.75, 3.05) is 12.4 Å². The van der Waals surface area contributed by atoms with Gasteiger partial charge in [0.15, 0.2) is 0 Å². The summed E-state index contributed by atoms with van der Waals surface area (Å²) in [5, 5.41) is 12.5. The zero-order valence-corrected chi connectivity index (χ0v) is 17.8. The van der Waals surface area contributed by atoms with Crippen molar-refractivity contribution in [3.63, 3.8) is 0 Å². The predicted molar refractivity (Wildman–Crippen MR) is 118 cm³/mol. The molecule has 0 radical (unpaired) electrons. The van der Waals surface area contributed by atoms with Crippen LogP contribution in [0.5, 0.6) is 5.75 Å². The fourth-order valence-corrected chi connectivity index (χ4v) is 3.63. The Morgan fingerprint density at radius 3 is 2.53 bits per heavy atom. The maximum Gasteiger partial charge on any atom is 0.303 e. The zero-order chi connectivity index (χ0) is 21.8. The van der Waals surface area contributed by atoms with E-state index in [9.17, 15) is 9.59 Å². The van der Waals surface area contributed by atoms with Crippen LogP contribution in [0.25, 0.3) is 16.9 Å². The molecule has 0 atom stereocenters. The maximum atomic E-state index is 11.4. The first-order valence-corrected chi connectivity index (χ1v) is 9.83. The number of carboxylic acid groups (broad SMARTS) is 1. The molecule has 0 unspecified atom stereocenters. The van der Waals surface area contributed by atoms with Gasteiger partial charge in [0.1, 0.15) is 5.75 Å². The van der Waals surface area contributed by atoms with E-state index < -0.39 is 5.97 Å². The molecule has 156 valence electrons. The highest BCUT2D eigenvalue weighted by Crippen LogP contribution is 2.36. The Bertz CT molecular complexity index is 1100. The Labute approximate surface area is 180 Å². The lowest BCUT2D eigenvalue weighted by Crippen LogP contribution is -2.09. The monoisotopic (exact) mass is 426 g/mol. The van der Waals surface area contributed by atoms with Crippen LogP contribution < -0.4 is 10.1 Å². The number of nitrogens with one attached hydrogen (secondary N) is 1. The molecule has 0 saturated heterocycles. The molecule has 0 aliphatic heterocycles. The highest BCUT2D eigenvalue weighted by Gasteiger charge is 2.18. The fraction of sp³-hybridized carbons (Fsp3) is 0.217. The van der Waals surface area contributed by atoms with Crippen molar-refractivity contribution in [3.8, 4) is 22.7 Å². The molecule has 0 spiro atoms. The fourth-order valence-electron chi connectivity index (χ4n) is 3.47. The molecule has 2 N–H and O–H groups in total. The first-order chi connectivity index (χ1) is 14.3. The summed E-state index contributed by atoms with van der Waals surface area (Å²) in [6, 6.07) is 14.9. The smallest absolute Gasteiger partial charge is 0.303 e. The third kappa shape index (κ3) is 4.66. The van der Waals surface area contributed by atoms with Gasteiger partial charge in [-0.2, -0.15) is 0 Å². The molecule has 1 heterocycles. The number of halogens is 1. The normalized spacial score (nSPS) is 10.7. The van der Waals surface area contributed by atoms with E-state index in [4.69, 9.17) is 21.4 Å². The average Bonchev–Trinajstić information content (AvgIpc) is 3.09. The number of nitrogens with zero attached hydrogens (tertiary/aromatic N) is 1. The number of aryl methyl sites for hydroxylation is 2. The minimum Gasteiger partial charge on any atom is -0.496 e. The topological polar surface area (TPSA) is 80.6 Å². The quantitative estimate of drug-likeness (QED) is 0.551. The van der Waals surface area contributed by atoms with Crippen LogP contribution in [0.4, 0.5) is 5.69 Å². The van der Waals surface area contributed by atoms with Crippen molar-refractivity contribution < 1.29 is 19.4 Å². The lowest BCUT2D eigenvalue weighted by molar-refractivity contribution is -0.137. The summed E-state index contributed by atoms with van der Waals surface area (Å²) in [5.41, 5.74) is 5.09. The summed E-state index contributed by atoms with van der Waals surface area (Å²) < 4.78 is 7.56. The maximum absolute atomic E-state index is 11.4. The van der Waals surface area contributed by atoms with E-state index in [1.165, 1.54) is 6.92 Å². The number of anilines is 1. The van der Waals surface area contributed by atoms with Crippen LogP contribution in [0.15, 0.2) is 48.5 Å². The van der Waals surface area contributed by atoms with E-state index in [-0.39, 0.29) is 12.3 Å². The molecule has 0 fully saturated rings. The van der Waals surface area contributed by atoms with Crippen LogP contribution >= 0.6 is 11.6 Å². The number of rotatable bonds is 7. The standard InChI is InChI=1S/C23H23ClN2O4/c1-14-12-17(25-15(2)27)5-9-20(14)26-18(7-11-23(28)29)6-10-21(26)19-8-4-16(24)13-22(19)30-3/h4-6,8-10,12-13H,7,11H2,1-3H3,(H,25,27)(H,28,29). The minimum absolute atomic E-state index is 0.0181. The number of carbonyl (C=O) groups is 2. The second kappa shape index (κ2) is 9.05. The van der Waals surface area contributed by atoms with Crippen molar-refractivity contribution >= 4 is 29.2 Å². The highest BCUT2D eigenvalue weighted by molar-refractivity contribution is 6.30. The second-order valence-corrected chi connectivity index (χ2v) is 7.40. The Morgan fingerprint density at radius 1 is 1.13 bits per heavy atom. The van der Waals surface area contributed by atoms with Gasteiger partial charge < -0.3 is 19.7 Å². The van der Waals surface area contributed by atoms with E-state index in [1.807, 2.05) is 47.9 Å². The molecule has 30 heavy (non-hydrogen) atoms. The molecule has 2 aromatic carbocycles. The first-order valence-electron chi connectivity index (χ1n) is 9.45. The lowest BCUT2D eigenvalue weighted by atomic mass is 10.1. The number of hydrogen-bond donors (Lipinski definition) is 2. The first kappa shape index (κ1) is 21.5. The van der Waals surface area contributed by atoms with Crippen LogP contribution in [0.1, 0.15) is 24.6 Å². The number of methoxy groups -OCH3 is 1. The Balaban J connectivity index is 2.17. The van der Waals surface area contributed by atoms with Gasteiger partial charge in [0.25, 0.3) is 0 Å². The molecular formula is C23H23ClN2O4. The van der Waals surface area contributed by atoms with Gasteiger partial charge in [-0.3, -0.25) is 9.59 Å². The number of amides is 1. The van der Waals surface area contributed by atoms with E-state index in [2.05, 4.69) is 5.32 Å². The molecule has 0 aliphatic rings. The van der Waals surface area contributed by atoms with E-state index in [0.29, 0.717) is 22.9 Å². The van der Waals surface area contributed by atoms with E-state index in [1.54, 1.807) is 19.2 Å². The number of carbonyl (C=O) groups excluding carboxylic acids is 1. The van der Waals surface area contributed by atoms with Gasteiger partial charge in [-0.25, -0.2) is 0 Å².